The fraction of sp³-hybridized carbons (Fsp3) is 0.722. The molecular weight excluding hydrogens is 510 g/mol. The standard InChI is InChI=1S/C36H57NO4/c1-3-5-6-7-8-9-10-11-12-13-14-15-16-17-18-19-20-21-22-27-35(38)40-31-41-36(39)37(30-4-2)34-29-28-32-25-23-24-26-33(32)34/h2,23-26,34H,3,5-22,27-31H2,1H3/t34-/m1/s1. The van der Waals surface area contributed by atoms with E-state index < -0.39 is 6.09 Å². The summed E-state index contributed by atoms with van der Waals surface area (Å²) in [6.07, 6.45) is 32.2. The number of carbonyl (C=O) groups excluding carboxylic acids is 2. The number of fused-ring (bicyclic) bond motifs is 1. The lowest BCUT2D eigenvalue weighted by Gasteiger charge is -2.27. The van der Waals surface area contributed by atoms with Crippen LogP contribution in [0.25, 0.3) is 0 Å². The van der Waals surface area contributed by atoms with Crippen molar-refractivity contribution in [3.05, 3.63) is 35.4 Å². The largest absolute Gasteiger partial charge is 0.428 e. The Balaban J connectivity index is 1.38. The molecule has 1 aliphatic rings. The molecule has 0 heterocycles. The Morgan fingerprint density at radius 2 is 1.29 bits per heavy atom. The van der Waals surface area contributed by atoms with Crippen molar-refractivity contribution in [3.63, 3.8) is 0 Å². The fourth-order valence-corrected chi connectivity index (χ4v) is 5.91. The Morgan fingerprint density at radius 1 is 0.780 bits per heavy atom. The molecule has 0 aliphatic heterocycles. The van der Waals surface area contributed by atoms with Crippen molar-refractivity contribution in [1.29, 1.82) is 0 Å². The second-order valence-electron chi connectivity index (χ2n) is 11.7. The van der Waals surface area contributed by atoms with E-state index in [0.29, 0.717) is 6.42 Å². The molecule has 0 radical (unpaired) electrons. The number of aryl methyl sites for hydroxylation is 1. The average molecular weight is 568 g/mol. The molecule has 1 atom stereocenters. The molecule has 41 heavy (non-hydrogen) atoms. The van der Waals surface area contributed by atoms with Gasteiger partial charge in [-0.05, 0) is 30.4 Å². The van der Waals surface area contributed by atoms with Gasteiger partial charge < -0.3 is 9.47 Å². The molecule has 0 spiro atoms. The molecule has 1 aromatic rings. The van der Waals surface area contributed by atoms with Gasteiger partial charge in [-0.15, -0.1) is 6.42 Å². The SMILES string of the molecule is C#CCN(C(=O)OCOC(=O)CCCCCCCCCCCCCCCCCCCCC)[C@@H]1CCc2ccccc21. The van der Waals surface area contributed by atoms with Gasteiger partial charge in [0.25, 0.3) is 0 Å². The molecule has 2 rings (SSSR count). The Kier molecular flexibility index (Phi) is 19.6. The topological polar surface area (TPSA) is 55.8 Å². The molecule has 0 aromatic heterocycles. The molecule has 1 amide bonds. The second kappa shape index (κ2) is 23.1. The Labute approximate surface area is 251 Å². The number of unbranched alkanes of at least 4 members (excludes halogenated alkanes) is 18. The summed E-state index contributed by atoms with van der Waals surface area (Å²) >= 11 is 0. The van der Waals surface area contributed by atoms with Gasteiger partial charge in [0, 0.05) is 6.42 Å². The quantitative estimate of drug-likeness (QED) is 0.0540. The third kappa shape index (κ3) is 15.4. The summed E-state index contributed by atoms with van der Waals surface area (Å²) in [6, 6.07) is 7.99. The Bertz CT molecular complexity index is 877. The molecule has 5 nitrogen and oxygen atoms in total. The number of carbonyl (C=O) groups is 2. The van der Waals surface area contributed by atoms with Gasteiger partial charge in [0.1, 0.15) is 0 Å². The molecule has 1 aromatic carbocycles. The minimum absolute atomic E-state index is 0.102. The van der Waals surface area contributed by atoms with Gasteiger partial charge in [-0.25, -0.2) is 4.79 Å². The molecule has 230 valence electrons. The Morgan fingerprint density at radius 3 is 1.83 bits per heavy atom. The van der Waals surface area contributed by atoms with Crippen LogP contribution < -0.4 is 0 Å². The third-order valence-corrected chi connectivity index (χ3v) is 8.36. The second-order valence-corrected chi connectivity index (χ2v) is 11.7. The van der Waals surface area contributed by atoms with Gasteiger partial charge >= 0.3 is 12.1 Å². The van der Waals surface area contributed by atoms with E-state index in [2.05, 4.69) is 18.9 Å². The number of rotatable bonds is 24. The summed E-state index contributed by atoms with van der Waals surface area (Å²) in [5, 5.41) is 0. The zero-order valence-electron chi connectivity index (χ0n) is 26.0. The van der Waals surface area contributed by atoms with Crippen LogP contribution in [0.15, 0.2) is 24.3 Å². The van der Waals surface area contributed by atoms with Gasteiger partial charge in [0.05, 0.1) is 12.6 Å². The molecular formula is C36H57NO4. The summed E-state index contributed by atoms with van der Waals surface area (Å²) in [5.74, 6) is 2.23. The molecule has 5 heteroatoms. The van der Waals surface area contributed by atoms with Crippen molar-refractivity contribution in [3.8, 4) is 12.3 Å². The normalized spacial score (nSPS) is 13.9. The summed E-state index contributed by atoms with van der Waals surface area (Å²) < 4.78 is 10.4. The highest BCUT2D eigenvalue weighted by Gasteiger charge is 2.31. The van der Waals surface area contributed by atoms with E-state index in [-0.39, 0.29) is 25.3 Å². The number of terminal acetylenes is 1. The fourth-order valence-electron chi connectivity index (χ4n) is 5.91. The molecule has 0 fully saturated rings. The number of benzene rings is 1. The first-order valence-electron chi connectivity index (χ1n) is 16.8. The predicted molar refractivity (Wildman–Crippen MR) is 168 cm³/mol. The lowest BCUT2D eigenvalue weighted by Crippen LogP contribution is -2.35. The number of esters is 1. The lowest BCUT2D eigenvalue weighted by molar-refractivity contribution is -0.152. The smallest absolute Gasteiger partial charge is 0.413 e. The maximum atomic E-state index is 12.7. The summed E-state index contributed by atoms with van der Waals surface area (Å²) in [4.78, 5) is 26.3. The van der Waals surface area contributed by atoms with E-state index in [4.69, 9.17) is 15.9 Å². The first-order valence-corrected chi connectivity index (χ1v) is 16.8. The molecule has 0 saturated heterocycles. The molecule has 0 unspecified atom stereocenters. The number of ether oxygens (including phenoxy) is 2. The highest BCUT2D eigenvalue weighted by Crippen LogP contribution is 2.35. The highest BCUT2D eigenvalue weighted by molar-refractivity contribution is 5.71. The van der Waals surface area contributed by atoms with E-state index in [1.807, 2.05) is 18.2 Å². The maximum Gasteiger partial charge on any atom is 0.413 e. The highest BCUT2D eigenvalue weighted by atomic mass is 16.7. The van der Waals surface area contributed by atoms with E-state index in [1.54, 1.807) is 4.90 Å². The van der Waals surface area contributed by atoms with E-state index in [0.717, 1.165) is 37.7 Å². The van der Waals surface area contributed by atoms with Crippen molar-refractivity contribution >= 4 is 12.1 Å². The van der Waals surface area contributed by atoms with Crippen molar-refractivity contribution < 1.29 is 19.1 Å². The zero-order chi connectivity index (χ0) is 29.4. The van der Waals surface area contributed by atoms with Crippen LogP contribution in [0.4, 0.5) is 4.79 Å². The van der Waals surface area contributed by atoms with Crippen LogP contribution >= 0.6 is 0 Å². The van der Waals surface area contributed by atoms with Crippen LogP contribution in [0, 0.1) is 12.3 Å². The van der Waals surface area contributed by atoms with Gasteiger partial charge in [-0.3, -0.25) is 9.69 Å². The summed E-state index contributed by atoms with van der Waals surface area (Å²) in [6.45, 7) is 2.07. The minimum Gasteiger partial charge on any atom is -0.428 e. The van der Waals surface area contributed by atoms with E-state index in [9.17, 15) is 9.59 Å². The number of nitrogens with zero attached hydrogens (tertiary/aromatic N) is 1. The summed E-state index contributed by atoms with van der Waals surface area (Å²) in [5.41, 5.74) is 2.35. The van der Waals surface area contributed by atoms with Crippen LogP contribution in [0.3, 0.4) is 0 Å². The molecule has 0 saturated carbocycles. The van der Waals surface area contributed by atoms with Crippen LogP contribution in [0.1, 0.15) is 159 Å². The number of hydrogen-bond acceptors (Lipinski definition) is 4. The maximum absolute atomic E-state index is 12.7. The predicted octanol–water partition coefficient (Wildman–Crippen LogP) is 10.1. The molecule has 0 N–H and O–H groups in total. The van der Waals surface area contributed by atoms with Crippen molar-refractivity contribution in [1.82, 2.24) is 4.90 Å². The van der Waals surface area contributed by atoms with Gasteiger partial charge in [0.15, 0.2) is 0 Å². The van der Waals surface area contributed by atoms with Crippen LogP contribution in [-0.4, -0.2) is 30.3 Å². The van der Waals surface area contributed by atoms with Gasteiger partial charge in [-0.2, -0.15) is 0 Å². The van der Waals surface area contributed by atoms with Crippen molar-refractivity contribution in [2.45, 2.75) is 154 Å². The lowest BCUT2D eigenvalue weighted by atomic mass is 10.0. The first kappa shape index (κ1) is 34.7. The van der Waals surface area contributed by atoms with Crippen LogP contribution in [-0.2, 0) is 20.7 Å². The van der Waals surface area contributed by atoms with Crippen molar-refractivity contribution in [2.24, 2.45) is 0 Å². The van der Waals surface area contributed by atoms with E-state index >= 15 is 0 Å². The number of amides is 1. The third-order valence-electron chi connectivity index (χ3n) is 8.36. The van der Waals surface area contributed by atoms with Crippen LogP contribution in [0.5, 0.6) is 0 Å². The van der Waals surface area contributed by atoms with Crippen LogP contribution in [0.2, 0.25) is 0 Å². The minimum atomic E-state index is -0.541. The monoisotopic (exact) mass is 567 g/mol. The zero-order valence-corrected chi connectivity index (χ0v) is 26.0. The van der Waals surface area contributed by atoms with Gasteiger partial charge in [-0.1, -0.05) is 153 Å². The van der Waals surface area contributed by atoms with E-state index in [1.165, 1.54) is 108 Å². The summed E-state index contributed by atoms with van der Waals surface area (Å²) in [7, 11) is 0. The molecule has 1 aliphatic carbocycles. The Hall–Kier alpha value is -2.48. The van der Waals surface area contributed by atoms with Crippen molar-refractivity contribution in [2.75, 3.05) is 13.3 Å². The number of hydrogen-bond donors (Lipinski definition) is 0. The average Bonchev–Trinajstić information content (AvgIpc) is 3.41. The first-order chi connectivity index (χ1) is 20.2. The molecule has 0 bridgehead atoms. The van der Waals surface area contributed by atoms with Gasteiger partial charge in [0.2, 0.25) is 6.79 Å².